The van der Waals surface area contributed by atoms with Gasteiger partial charge < -0.3 is 5.11 Å². The number of hydrogen-bond donors (Lipinski definition) is 1. The molecule has 1 rings (SSSR count). The van der Waals surface area contributed by atoms with E-state index in [0.717, 1.165) is 0 Å². The van der Waals surface area contributed by atoms with Gasteiger partial charge in [-0.1, -0.05) is 17.7 Å². The minimum absolute atomic E-state index is 0.463. The van der Waals surface area contributed by atoms with E-state index < -0.39 is 12.0 Å². The largest absolute Gasteiger partial charge is 0.480 e. The lowest BCUT2D eigenvalue weighted by molar-refractivity contribution is -0.142. The molecular formula is C14H21NO2. The predicted molar refractivity (Wildman–Crippen MR) is 69.2 cm³/mol. The van der Waals surface area contributed by atoms with Crippen molar-refractivity contribution in [1.82, 2.24) is 4.90 Å². The molecule has 0 radical (unpaired) electrons. The monoisotopic (exact) mass is 235 g/mol. The van der Waals surface area contributed by atoms with Gasteiger partial charge in [-0.3, -0.25) is 9.69 Å². The second-order valence-electron chi connectivity index (χ2n) is 4.81. The third-order valence-electron chi connectivity index (χ3n) is 3.27. The average Bonchev–Trinajstić information content (AvgIpc) is 2.21. The van der Waals surface area contributed by atoms with Gasteiger partial charge in [-0.2, -0.15) is 0 Å². The summed E-state index contributed by atoms with van der Waals surface area (Å²) in [4.78, 5) is 12.8. The first-order chi connectivity index (χ1) is 7.82. The van der Waals surface area contributed by atoms with Gasteiger partial charge in [0, 0.05) is 6.54 Å². The topological polar surface area (TPSA) is 40.5 Å². The summed E-state index contributed by atoms with van der Waals surface area (Å²) in [6.07, 6.45) is 0. The minimum atomic E-state index is -0.782. The van der Waals surface area contributed by atoms with Crippen LogP contribution in [0.4, 0.5) is 0 Å². The van der Waals surface area contributed by atoms with Crippen molar-refractivity contribution < 1.29 is 9.90 Å². The van der Waals surface area contributed by atoms with E-state index in [1.807, 2.05) is 11.9 Å². The van der Waals surface area contributed by atoms with Gasteiger partial charge in [0.15, 0.2) is 0 Å². The molecule has 3 nitrogen and oxygen atoms in total. The highest BCUT2D eigenvalue weighted by atomic mass is 16.4. The van der Waals surface area contributed by atoms with Crippen molar-refractivity contribution in [2.24, 2.45) is 0 Å². The fourth-order valence-electron chi connectivity index (χ4n) is 2.03. The van der Waals surface area contributed by atoms with Crippen molar-refractivity contribution >= 4 is 5.97 Å². The maximum atomic E-state index is 10.9. The van der Waals surface area contributed by atoms with Crippen LogP contribution in [0.15, 0.2) is 12.1 Å². The molecule has 0 aliphatic carbocycles. The van der Waals surface area contributed by atoms with Crippen molar-refractivity contribution in [1.29, 1.82) is 0 Å². The van der Waals surface area contributed by atoms with E-state index in [1.54, 1.807) is 6.92 Å². The molecule has 3 heteroatoms. The number of carboxylic acid groups (broad SMARTS) is 1. The number of benzene rings is 1. The smallest absolute Gasteiger partial charge is 0.320 e. The predicted octanol–water partition coefficient (Wildman–Crippen LogP) is 2.52. The van der Waals surface area contributed by atoms with Crippen LogP contribution in [0.1, 0.15) is 29.2 Å². The van der Waals surface area contributed by atoms with Gasteiger partial charge in [0.2, 0.25) is 0 Å². The van der Waals surface area contributed by atoms with E-state index in [2.05, 4.69) is 32.9 Å². The van der Waals surface area contributed by atoms with Gasteiger partial charge in [0.05, 0.1) is 0 Å². The van der Waals surface area contributed by atoms with Gasteiger partial charge in [-0.25, -0.2) is 0 Å². The molecule has 1 N–H and O–H groups in total. The first kappa shape index (κ1) is 13.7. The lowest BCUT2D eigenvalue weighted by atomic mass is 9.99. The van der Waals surface area contributed by atoms with Gasteiger partial charge in [-0.05, 0) is 51.4 Å². The van der Waals surface area contributed by atoms with Gasteiger partial charge in [0.25, 0.3) is 0 Å². The molecule has 1 aromatic rings. The molecule has 0 saturated carbocycles. The van der Waals surface area contributed by atoms with Gasteiger partial charge in [0.1, 0.15) is 6.04 Å². The van der Waals surface area contributed by atoms with Crippen LogP contribution in [-0.2, 0) is 11.3 Å². The summed E-state index contributed by atoms with van der Waals surface area (Å²) in [7, 11) is 1.84. The molecule has 1 aromatic carbocycles. The summed E-state index contributed by atoms with van der Waals surface area (Å²) in [5, 5.41) is 8.97. The zero-order valence-corrected chi connectivity index (χ0v) is 11.2. The van der Waals surface area contributed by atoms with Crippen LogP contribution in [0.5, 0.6) is 0 Å². The lowest BCUT2D eigenvalue weighted by Gasteiger charge is -2.23. The Hall–Kier alpha value is -1.35. The van der Waals surface area contributed by atoms with E-state index in [-0.39, 0.29) is 0 Å². The normalized spacial score (nSPS) is 12.8. The number of likely N-dealkylation sites (N-methyl/N-ethyl adjacent to an activating group) is 1. The number of aliphatic carboxylic acids is 1. The Morgan fingerprint density at radius 2 is 1.76 bits per heavy atom. The Labute approximate surface area is 103 Å². The first-order valence-electron chi connectivity index (χ1n) is 5.82. The summed E-state index contributed by atoms with van der Waals surface area (Å²) in [6, 6.07) is 3.82. The highest BCUT2D eigenvalue weighted by molar-refractivity contribution is 5.72. The van der Waals surface area contributed by atoms with Crippen molar-refractivity contribution in [3.8, 4) is 0 Å². The summed E-state index contributed by atoms with van der Waals surface area (Å²) in [5.41, 5.74) is 4.93. The molecule has 0 aromatic heterocycles. The van der Waals surface area contributed by atoms with Crippen molar-refractivity contribution in [2.45, 2.75) is 40.3 Å². The minimum Gasteiger partial charge on any atom is -0.480 e. The summed E-state index contributed by atoms with van der Waals surface area (Å²) in [5.74, 6) is -0.782. The summed E-state index contributed by atoms with van der Waals surface area (Å²) < 4.78 is 0. The van der Waals surface area contributed by atoms with E-state index >= 15 is 0 Å². The molecule has 0 aliphatic heterocycles. The molecule has 0 fully saturated rings. The molecule has 94 valence electrons. The number of carboxylic acids is 1. The van der Waals surface area contributed by atoms with Crippen LogP contribution in [-0.4, -0.2) is 29.1 Å². The lowest BCUT2D eigenvalue weighted by Crippen LogP contribution is -2.35. The van der Waals surface area contributed by atoms with Gasteiger partial charge >= 0.3 is 5.97 Å². The Kier molecular flexibility index (Phi) is 4.29. The van der Waals surface area contributed by atoms with Crippen LogP contribution >= 0.6 is 0 Å². The Bertz CT molecular complexity index is 403. The van der Waals surface area contributed by atoms with Gasteiger partial charge in [-0.15, -0.1) is 0 Å². The van der Waals surface area contributed by atoms with Crippen molar-refractivity contribution in [3.63, 3.8) is 0 Å². The zero-order chi connectivity index (χ0) is 13.2. The third-order valence-corrected chi connectivity index (χ3v) is 3.27. The quantitative estimate of drug-likeness (QED) is 0.871. The molecular weight excluding hydrogens is 214 g/mol. The van der Waals surface area contributed by atoms with Crippen LogP contribution in [0, 0.1) is 20.8 Å². The number of rotatable bonds is 4. The standard InChI is InChI=1S/C14H21NO2/c1-9-6-10(2)13(11(3)7-9)8-15(5)12(4)14(16)17/h6-7,12H,8H2,1-5H3,(H,16,17). The number of aryl methyl sites for hydroxylation is 3. The van der Waals surface area contributed by atoms with E-state index in [4.69, 9.17) is 5.11 Å². The average molecular weight is 235 g/mol. The zero-order valence-electron chi connectivity index (χ0n) is 11.2. The number of hydrogen-bond acceptors (Lipinski definition) is 2. The van der Waals surface area contributed by atoms with Crippen LogP contribution < -0.4 is 0 Å². The third kappa shape index (κ3) is 3.30. The highest BCUT2D eigenvalue weighted by Crippen LogP contribution is 2.18. The fraction of sp³-hybridized carbons (Fsp3) is 0.500. The van der Waals surface area contributed by atoms with Crippen LogP contribution in [0.2, 0.25) is 0 Å². The molecule has 0 amide bonds. The number of carbonyl (C=O) groups is 1. The van der Waals surface area contributed by atoms with Crippen molar-refractivity contribution in [2.75, 3.05) is 7.05 Å². The molecule has 0 saturated heterocycles. The van der Waals surface area contributed by atoms with Crippen LogP contribution in [0.25, 0.3) is 0 Å². The molecule has 17 heavy (non-hydrogen) atoms. The second-order valence-corrected chi connectivity index (χ2v) is 4.81. The summed E-state index contributed by atoms with van der Waals surface area (Å²) in [6.45, 7) is 8.61. The Morgan fingerprint density at radius 1 is 1.29 bits per heavy atom. The highest BCUT2D eigenvalue weighted by Gasteiger charge is 2.18. The maximum absolute atomic E-state index is 10.9. The van der Waals surface area contributed by atoms with Crippen molar-refractivity contribution in [3.05, 3.63) is 34.4 Å². The Morgan fingerprint density at radius 3 is 2.18 bits per heavy atom. The summed E-state index contributed by atoms with van der Waals surface area (Å²) >= 11 is 0. The molecule has 0 spiro atoms. The molecule has 1 unspecified atom stereocenters. The van der Waals surface area contributed by atoms with E-state index in [0.29, 0.717) is 6.54 Å². The maximum Gasteiger partial charge on any atom is 0.320 e. The van der Waals surface area contributed by atoms with E-state index in [1.165, 1.54) is 22.3 Å². The Balaban J connectivity index is 2.92. The fourth-order valence-corrected chi connectivity index (χ4v) is 2.03. The molecule has 0 bridgehead atoms. The van der Waals surface area contributed by atoms with E-state index in [9.17, 15) is 4.79 Å². The second kappa shape index (κ2) is 5.32. The number of nitrogens with zero attached hydrogens (tertiary/aromatic N) is 1. The SMILES string of the molecule is Cc1cc(C)c(CN(C)C(C)C(=O)O)c(C)c1. The first-order valence-corrected chi connectivity index (χ1v) is 5.82. The van der Waals surface area contributed by atoms with Crippen LogP contribution in [0.3, 0.4) is 0 Å². The molecule has 0 heterocycles. The molecule has 0 aliphatic rings. The molecule has 1 atom stereocenters.